The van der Waals surface area contributed by atoms with Crippen LogP contribution in [0.3, 0.4) is 0 Å². The van der Waals surface area contributed by atoms with Gasteiger partial charge in [-0.2, -0.15) is 0 Å². The Balaban J connectivity index is 1.57. The number of rotatable bonds is 7. The van der Waals surface area contributed by atoms with E-state index in [0.717, 1.165) is 51.7 Å². The van der Waals surface area contributed by atoms with Crippen LogP contribution in [0.5, 0.6) is 11.5 Å². The highest BCUT2D eigenvalue weighted by Gasteiger charge is 2.17. The van der Waals surface area contributed by atoms with Crippen molar-refractivity contribution in [3.63, 3.8) is 0 Å². The molecule has 0 aliphatic heterocycles. The molecular formula is C29H25N2O2. The molecule has 5 aromatic rings. The number of hydrogen-bond acceptors (Lipinski definition) is 2. The fraction of sp³-hybridized carbons (Fsp3) is 0.138. The average molecular weight is 434 g/mol. The number of hydrogen-bond donors (Lipinski definition) is 1. The molecule has 0 spiro atoms. The van der Waals surface area contributed by atoms with Crippen LogP contribution in [-0.4, -0.2) is 10.5 Å². The summed E-state index contributed by atoms with van der Waals surface area (Å²) in [5.74, 6) is 1.18. The van der Waals surface area contributed by atoms with E-state index >= 15 is 0 Å². The summed E-state index contributed by atoms with van der Waals surface area (Å²) in [7, 11) is 0. The molecule has 5 rings (SSSR count). The Morgan fingerprint density at radius 3 is 2.39 bits per heavy atom. The van der Waals surface area contributed by atoms with Crippen molar-refractivity contribution in [2.75, 3.05) is 0 Å². The van der Waals surface area contributed by atoms with Gasteiger partial charge in [0.15, 0.2) is 0 Å². The van der Waals surface area contributed by atoms with Gasteiger partial charge in [0.1, 0.15) is 11.5 Å². The summed E-state index contributed by atoms with van der Waals surface area (Å²) < 4.78 is 8.18. The van der Waals surface area contributed by atoms with Crippen molar-refractivity contribution in [2.24, 2.45) is 5.73 Å². The van der Waals surface area contributed by atoms with Crippen LogP contribution in [0, 0.1) is 6.07 Å². The molecule has 0 aliphatic rings. The number of primary amides is 1. The molecule has 0 aliphatic carbocycles. The van der Waals surface area contributed by atoms with Gasteiger partial charge in [0, 0.05) is 22.9 Å². The number of carbonyl (C=O) groups is 1. The maximum atomic E-state index is 12.2. The first-order valence-electron chi connectivity index (χ1n) is 11.2. The van der Waals surface area contributed by atoms with Crippen LogP contribution in [0.1, 0.15) is 34.8 Å². The molecule has 2 N–H and O–H groups in total. The maximum Gasteiger partial charge on any atom is 0.249 e. The largest absolute Gasteiger partial charge is 0.457 e. The van der Waals surface area contributed by atoms with E-state index in [9.17, 15) is 4.79 Å². The molecule has 163 valence electrons. The molecule has 0 atom stereocenters. The van der Waals surface area contributed by atoms with E-state index in [0.29, 0.717) is 12.1 Å². The van der Waals surface area contributed by atoms with Crippen LogP contribution in [0.4, 0.5) is 0 Å². The number of fused-ring (bicyclic) bond motifs is 3. The van der Waals surface area contributed by atoms with Crippen LogP contribution in [0.15, 0.2) is 84.9 Å². The second-order valence-corrected chi connectivity index (χ2v) is 8.23. The first kappa shape index (κ1) is 20.8. The van der Waals surface area contributed by atoms with Crippen molar-refractivity contribution in [3.05, 3.63) is 108 Å². The van der Waals surface area contributed by atoms with Gasteiger partial charge in [-0.15, -0.1) is 0 Å². The number of ether oxygens (including phenoxy) is 1. The third kappa shape index (κ3) is 4.08. The number of nitrogens with two attached hydrogens (primary N) is 1. The predicted molar refractivity (Wildman–Crippen MR) is 133 cm³/mol. The summed E-state index contributed by atoms with van der Waals surface area (Å²) >= 11 is 0. The van der Waals surface area contributed by atoms with Crippen molar-refractivity contribution >= 4 is 27.7 Å². The van der Waals surface area contributed by atoms with Gasteiger partial charge < -0.3 is 15.0 Å². The van der Waals surface area contributed by atoms with Crippen molar-refractivity contribution < 1.29 is 9.53 Å². The van der Waals surface area contributed by atoms with Gasteiger partial charge in [0.05, 0.1) is 11.0 Å². The first-order chi connectivity index (χ1) is 16.1. The molecule has 1 radical (unpaired) electrons. The minimum absolute atomic E-state index is 0.423. The van der Waals surface area contributed by atoms with Gasteiger partial charge in [-0.1, -0.05) is 55.8 Å². The molecule has 33 heavy (non-hydrogen) atoms. The number of para-hydroxylation sites is 1. The Morgan fingerprint density at radius 2 is 1.67 bits per heavy atom. The molecule has 4 nitrogen and oxygen atoms in total. The minimum Gasteiger partial charge on any atom is -0.457 e. The van der Waals surface area contributed by atoms with Gasteiger partial charge >= 0.3 is 0 Å². The Labute approximate surface area is 193 Å². The summed E-state index contributed by atoms with van der Waals surface area (Å²) in [4.78, 5) is 12.2. The lowest BCUT2D eigenvalue weighted by atomic mass is 10.0. The number of carbonyl (C=O) groups excluding carboxylic acids is 1. The second kappa shape index (κ2) is 8.83. The summed E-state index contributed by atoms with van der Waals surface area (Å²) in [6.07, 6.45) is 2.05. The van der Waals surface area contributed by atoms with Crippen LogP contribution in [0.25, 0.3) is 21.8 Å². The molecule has 0 saturated heterocycles. The molecule has 1 heterocycles. The van der Waals surface area contributed by atoms with E-state index in [2.05, 4.69) is 35.8 Å². The van der Waals surface area contributed by atoms with Gasteiger partial charge in [-0.3, -0.25) is 4.79 Å². The van der Waals surface area contributed by atoms with Crippen molar-refractivity contribution in [1.82, 2.24) is 4.57 Å². The lowest BCUT2D eigenvalue weighted by molar-refractivity contribution is 0.100. The van der Waals surface area contributed by atoms with E-state index in [4.69, 9.17) is 10.5 Å². The first-order valence-corrected chi connectivity index (χ1v) is 11.2. The van der Waals surface area contributed by atoms with Gasteiger partial charge in [-0.05, 0) is 66.1 Å². The van der Waals surface area contributed by atoms with Crippen LogP contribution < -0.4 is 10.5 Å². The molecule has 1 aromatic heterocycles. The minimum atomic E-state index is -0.423. The molecule has 0 unspecified atom stereocenters. The quantitative estimate of drug-likeness (QED) is 0.319. The van der Waals surface area contributed by atoms with Crippen LogP contribution >= 0.6 is 0 Å². The molecule has 4 aromatic carbocycles. The fourth-order valence-corrected chi connectivity index (χ4v) is 4.38. The van der Waals surface area contributed by atoms with Gasteiger partial charge in [0.25, 0.3) is 0 Å². The van der Waals surface area contributed by atoms with Crippen molar-refractivity contribution in [1.29, 1.82) is 0 Å². The molecule has 0 saturated carbocycles. The Bertz CT molecular complexity index is 1430. The van der Waals surface area contributed by atoms with Gasteiger partial charge in [-0.25, -0.2) is 0 Å². The van der Waals surface area contributed by atoms with Crippen molar-refractivity contribution in [2.45, 2.75) is 26.3 Å². The summed E-state index contributed by atoms with van der Waals surface area (Å²) in [5.41, 5.74) is 10.7. The SMILES string of the molecule is CCCc1c[c]c2c3c(C(N)=O)cccc3n(Cc3ccc(Oc4ccccc4)cc3)c2c1. The predicted octanol–water partition coefficient (Wildman–Crippen LogP) is 6.49. The normalized spacial score (nSPS) is 11.2. The standard InChI is InChI=1S/C29H25N2O2/c1-2-7-20-14-17-24-27(18-20)31(26-11-6-10-25(28(24)26)29(30)32)19-21-12-15-23(16-13-21)33-22-8-4-3-5-9-22/h3-6,8-16,18H,2,7,19H2,1H3,(H2,30,32). The monoisotopic (exact) mass is 433 g/mol. The van der Waals surface area contributed by atoms with E-state index in [1.807, 2.05) is 60.7 Å². The Hall–Kier alpha value is -4.05. The maximum absolute atomic E-state index is 12.2. The number of benzene rings is 4. The van der Waals surface area contributed by atoms with Crippen molar-refractivity contribution in [3.8, 4) is 11.5 Å². The van der Waals surface area contributed by atoms with E-state index in [1.54, 1.807) is 6.07 Å². The zero-order chi connectivity index (χ0) is 22.8. The topological polar surface area (TPSA) is 57.2 Å². The summed E-state index contributed by atoms with van der Waals surface area (Å²) in [6, 6.07) is 31.3. The van der Waals surface area contributed by atoms with E-state index in [-0.39, 0.29) is 0 Å². The third-order valence-electron chi connectivity index (χ3n) is 5.90. The third-order valence-corrected chi connectivity index (χ3v) is 5.90. The number of nitrogens with zero attached hydrogens (tertiary/aromatic N) is 1. The number of aryl methyl sites for hydroxylation is 1. The zero-order valence-electron chi connectivity index (χ0n) is 18.5. The van der Waals surface area contributed by atoms with Gasteiger partial charge in [0.2, 0.25) is 5.91 Å². The fourth-order valence-electron chi connectivity index (χ4n) is 4.38. The summed E-state index contributed by atoms with van der Waals surface area (Å²) in [6.45, 7) is 2.83. The van der Waals surface area contributed by atoms with E-state index < -0.39 is 5.91 Å². The van der Waals surface area contributed by atoms with E-state index in [1.165, 1.54) is 5.56 Å². The number of aromatic nitrogens is 1. The van der Waals surface area contributed by atoms with Crippen LogP contribution in [-0.2, 0) is 13.0 Å². The average Bonchev–Trinajstić information content (AvgIpc) is 3.14. The lowest BCUT2D eigenvalue weighted by Gasteiger charge is -2.10. The molecule has 4 heteroatoms. The Morgan fingerprint density at radius 1 is 0.909 bits per heavy atom. The molecular weight excluding hydrogens is 408 g/mol. The number of amides is 1. The highest BCUT2D eigenvalue weighted by Crippen LogP contribution is 2.33. The zero-order valence-corrected chi connectivity index (χ0v) is 18.5. The summed E-state index contributed by atoms with van der Waals surface area (Å²) in [5, 5.41) is 1.80. The smallest absolute Gasteiger partial charge is 0.249 e. The highest BCUT2D eigenvalue weighted by atomic mass is 16.5. The molecule has 0 bridgehead atoms. The highest BCUT2D eigenvalue weighted by molar-refractivity contribution is 6.17. The lowest BCUT2D eigenvalue weighted by Crippen LogP contribution is -2.11. The Kier molecular flexibility index (Phi) is 5.57. The van der Waals surface area contributed by atoms with Crippen LogP contribution in [0.2, 0.25) is 0 Å². The molecule has 1 amide bonds. The molecule has 0 fully saturated rings. The second-order valence-electron chi connectivity index (χ2n) is 8.23.